The van der Waals surface area contributed by atoms with Gasteiger partial charge in [-0.05, 0) is 25.8 Å². The molecule has 0 saturated heterocycles. The number of aliphatic carboxylic acids is 1. The SMILES string of the molecule is CCC(CC)N(CCCC(=O)O)CCOC. The van der Waals surface area contributed by atoms with Crippen molar-refractivity contribution in [1.82, 2.24) is 4.90 Å². The third-order valence-electron chi connectivity index (χ3n) is 2.88. The van der Waals surface area contributed by atoms with Crippen LogP contribution in [0.2, 0.25) is 0 Å². The van der Waals surface area contributed by atoms with Crippen LogP contribution < -0.4 is 0 Å². The lowest BCUT2D eigenvalue weighted by Gasteiger charge is -2.30. The molecule has 0 heterocycles. The predicted octanol–water partition coefficient (Wildman–Crippen LogP) is 1.99. The molecule has 0 unspecified atom stereocenters. The summed E-state index contributed by atoms with van der Waals surface area (Å²) in [6.45, 7) is 6.80. The highest BCUT2D eigenvalue weighted by Gasteiger charge is 2.14. The van der Waals surface area contributed by atoms with E-state index in [1.54, 1.807) is 7.11 Å². The van der Waals surface area contributed by atoms with Crippen LogP contribution in [0.5, 0.6) is 0 Å². The molecule has 96 valence electrons. The zero-order chi connectivity index (χ0) is 12.4. The molecular formula is C12H25NO3. The van der Waals surface area contributed by atoms with Crippen LogP contribution in [0.4, 0.5) is 0 Å². The molecule has 0 fully saturated rings. The topological polar surface area (TPSA) is 49.8 Å². The normalized spacial score (nSPS) is 11.3. The second-order valence-electron chi connectivity index (χ2n) is 4.00. The number of carboxylic acids is 1. The zero-order valence-electron chi connectivity index (χ0n) is 10.7. The van der Waals surface area contributed by atoms with E-state index in [-0.39, 0.29) is 6.42 Å². The van der Waals surface area contributed by atoms with Crippen LogP contribution >= 0.6 is 0 Å². The summed E-state index contributed by atoms with van der Waals surface area (Å²) >= 11 is 0. The number of nitrogens with zero attached hydrogens (tertiary/aromatic N) is 1. The number of carbonyl (C=O) groups is 1. The van der Waals surface area contributed by atoms with Gasteiger partial charge in [-0.15, -0.1) is 0 Å². The Morgan fingerprint density at radius 2 is 1.94 bits per heavy atom. The number of hydrogen-bond donors (Lipinski definition) is 1. The van der Waals surface area contributed by atoms with Crippen LogP contribution in [-0.2, 0) is 9.53 Å². The Balaban J connectivity index is 4.02. The van der Waals surface area contributed by atoms with Crippen molar-refractivity contribution in [2.45, 2.75) is 45.6 Å². The second kappa shape index (κ2) is 9.60. The predicted molar refractivity (Wildman–Crippen MR) is 64.7 cm³/mol. The summed E-state index contributed by atoms with van der Waals surface area (Å²) in [4.78, 5) is 12.8. The van der Waals surface area contributed by atoms with E-state index in [1.807, 2.05) is 0 Å². The van der Waals surface area contributed by atoms with Gasteiger partial charge in [-0.3, -0.25) is 9.69 Å². The molecule has 16 heavy (non-hydrogen) atoms. The summed E-state index contributed by atoms with van der Waals surface area (Å²) in [5.74, 6) is -0.712. The van der Waals surface area contributed by atoms with Gasteiger partial charge in [0, 0.05) is 26.1 Å². The minimum absolute atomic E-state index is 0.254. The molecule has 1 N–H and O–H groups in total. The Labute approximate surface area is 98.6 Å². The molecule has 0 aromatic rings. The third-order valence-corrected chi connectivity index (χ3v) is 2.88. The maximum absolute atomic E-state index is 10.5. The third kappa shape index (κ3) is 6.80. The van der Waals surface area contributed by atoms with Crippen LogP contribution in [0.15, 0.2) is 0 Å². The number of rotatable bonds is 10. The van der Waals surface area contributed by atoms with Crippen LogP contribution in [0.3, 0.4) is 0 Å². The zero-order valence-corrected chi connectivity index (χ0v) is 10.7. The molecule has 0 aromatic carbocycles. The van der Waals surface area contributed by atoms with Gasteiger partial charge in [-0.2, -0.15) is 0 Å². The highest BCUT2D eigenvalue weighted by molar-refractivity contribution is 5.66. The van der Waals surface area contributed by atoms with Crippen molar-refractivity contribution < 1.29 is 14.6 Å². The lowest BCUT2D eigenvalue weighted by atomic mass is 10.1. The summed E-state index contributed by atoms with van der Waals surface area (Å²) in [6.07, 6.45) is 3.18. The van der Waals surface area contributed by atoms with Crippen LogP contribution in [0.1, 0.15) is 39.5 Å². The second-order valence-corrected chi connectivity index (χ2v) is 4.00. The number of carboxylic acid groups (broad SMARTS) is 1. The molecule has 0 bridgehead atoms. The van der Waals surface area contributed by atoms with Crippen molar-refractivity contribution in [3.05, 3.63) is 0 Å². The summed E-state index contributed by atoms with van der Waals surface area (Å²) in [6, 6.07) is 0.545. The van der Waals surface area contributed by atoms with Gasteiger partial charge in [-0.25, -0.2) is 0 Å². The molecule has 0 radical (unpaired) electrons. The van der Waals surface area contributed by atoms with Crippen molar-refractivity contribution in [3.8, 4) is 0 Å². The largest absolute Gasteiger partial charge is 0.481 e. The highest BCUT2D eigenvalue weighted by atomic mass is 16.5. The van der Waals surface area contributed by atoms with Crippen LogP contribution in [0, 0.1) is 0 Å². The highest BCUT2D eigenvalue weighted by Crippen LogP contribution is 2.09. The molecule has 0 aliphatic heterocycles. The van der Waals surface area contributed by atoms with Gasteiger partial charge >= 0.3 is 5.97 Å². The Morgan fingerprint density at radius 3 is 2.38 bits per heavy atom. The van der Waals surface area contributed by atoms with Gasteiger partial charge < -0.3 is 9.84 Å². The van der Waals surface area contributed by atoms with Gasteiger partial charge in [0.2, 0.25) is 0 Å². The molecule has 0 rings (SSSR count). The first kappa shape index (κ1) is 15.4. The number of methoxy groups -OCH3 is 1. The van der Waals surface area contributed by atoms with Crippen LogP contribution in [0.25, 0.3) is 0 Å². The summed E-state index contributed by atoms with van der Waals surface area (Å²) in [7, 11) is 1.70. The van der Waals surface area contributed by atoms with E-state index in [1.165, 1.54) is 0 Å². The van der Waals surface area contributed by atoms with Gasteiger partial charge in [0.15, 0.2) is 0 Å². The maximum atomic E-state index is 10.5. The van der Waals surface area contributed by atoms with Gasteiger partial charge in [0.25, 0.3) is 0 Å². The fourth-order valence-electron chi connectivity index (χ4n) is 1.92. The minimum atomic E-state index is -0.712. The average molecular weight is 231 g/mol. The number of hydrogen-bond acceptors (Lipinski definition) is 3. The molecular weight excluding hydrogens is 206 g/mol. The van der Waals surface area contributed by atoms with Gasteiger partial charge in [-0.1, -0.05) is 13.8 Å². The smallest absolute Gasteiger partial charge is 0.303 e. The van der Waals surface area contributed by atoms with Crippen molar-refractivity contribution in [2.75, 3.05) is 26.8 Å². The van der Waals surface area contributed by atoms with E-state index < -0.39 is 5.97 Å². The fraction of sp³-hybridized carbons (Fsp3) is 0.917. The number of ether oxygens (including phenoxy) is 1. The minimum Gasteiger partial charge on any atom is -0.481 e. The van der Waals surface area contributed by atoms with E-state index in [9.17, 15) is 4.79 Å². The Hall–Kier alpha value is -0.610. The molecule has 0 spiro atoms. The molecule has 4 heteroatoms. The van der Waals surface area contributed by atoms with E-state index in [0.29, 0.717) is 12.6 Å². The Morgan fingerprint density at radius 1 is 1.31 bits per heavy atom. The standard InChI is InChI=1S/C12H25NO3/c1-4-11(5-2)13(9-10-16-3)8-6-7-12(14)15/h11H,4-10H2,1-3H3,(H,14,15). The molecule has 0 saturated carbocycles. The maximum Gasteiger partial charge on any atom is 0.303 e. The van der Waals surface area contributed by atoms with Crippen molar-refractivity contribution in [1.29, 1.82) is 0 Å². The molecule has 0 atom stereocenters. The van der Waals surface area contributed by atoms with Gasteiger partial charge in [0.05, 0.1) is 6.61 Å². The summed E-state index contributed by atoms with van der Waals surface area (Å²) in [5.41, 5.74) is 0. The first-order chi connectivity index (χ1) is 7.65. The molecule has 0 aliphatic rings. The summed E-state index contributed by atoms with van der Waals surface area (Å²) in [5, 5.41) is 8.61. The Kier molecular flexibility index (Phi) is 9.24. The quantitative estimate of drug-likeness (QED) is 0.624. The molecule has 4 nitrogen and oxygen atoms in total. The molecule has 0 aliphatic carbocycles. The molecule has 0 aromatic heterocycles. The summed E-state index contributed by atoms with van der Waals surface area (Å²) < 4.78 is 5.08. The van der Waals surface area contributed by atoms with E-state index in [0.717, 1.165) is 32.4 Å². The van der Waals surface area contributed by atoms with Crippen LogP contribution in [-0.4, -0.2) is 48.8 Å². The lowest BCUT2D eigenvalue weighted by molar-refractivity contribution is -0.137. The average Bonchev–Trinajstić information content (AvgIpc) is 2.26. The first-order valence-corrected chi connectivity index (χ1v) is 6.10. The first-order valence-electron chi connectivity index (χ1n) is 6.10. The van der Waals surface area contributed by atoms with E-state index in [4.69, 9.17) is 9.84 Å². The lowest BCUT2D eigenvalue weighted by Crippen LogP contribution is -2.37. The van der Waals surface area contributed by atoms with E-state index in [2.05, 4.69) is 18.7 Å². The van der Waals surface area contributed by atoms with Gasteiger partial charge in [0.1, 0.15) is 0 Å². The van der Waals surface area contributed by atoms with E-state index >= 15 is 0 Å². The van der Waals surface area contributed by atoms with Crippen molar-refractivity contribution in [2.24, 2.45) is 0 Å². The van der Waals surface area contributed by atoms with Crippen molar-refractivity contribution >= 4 is 5.97 Å². The molecule has 0 amide bonds. The fourth-order valence-corrected chi connectivity index (χ4v) is 1.92. The van der Waals surface area contributed by atoms with Crippen molar-refractivity contribution in [3.63, 3.8) is 0 Å². The Bertz CT molecular complexity index is 181. The monoisotopic (exact) mass is 231 g/mol.